The number of aliphatic hydroxyl groups excluding tert-OH is 1. The van der Waals surface area contributed by atoms with Crippen molar-refractivity contribution >= 4 is 29.7 Å². The number of β-amino-alcohol motifs (C(OH)–C–C–N with tert-alkyl or cyclic N) is 1. The highest BCUT2D eigenvalue weighted by atomic mass is 127. The minimum absolute atomic E-state index is 0. The molecular formula is C14H22INO. The molecule has 96 valence electrons. The summed E-state index contributed by atoms with van der Waals surface area (Å²) in [7, 11) is 0. The van der Waals surface area contributed by atoms with Gasteiger partial charge in [0.25, 0.3) is 0 Å². The molecule has 1 heterocycles. The lowest BCUT2D eigenvalue weighted by molar-refractivity contribution is 0.263. The Morgan fingerprint density at radius 2 is 1.71 bits per heavy atom. The molecule has 1 aromatic rings. The van der Waals surface area contributed by atoms with Crippen molar-refractivity contribution in [3.63, 3.8) is 0 Å². The van der Waals surface area contributed by atoms with Gasteiger partial charge in [-0.1, -0.05) is 32.0 Å². The summed E-state index contributed by atoms with van der Waals surface area (Å²) in [5.74, 6) is 0. The molecule has 0 saturated carbocycles. The fraction of sp³-hybridized carbons (Fsp3) is 0.571. The van der Waals surface area contributed by atoms with Crippen molar-refractivity contribution < 1.29 is 5.11 Å². The van der Waals surface area contributed by atoms with Gasteiger partial charge in [-0.15, -0.1) is 24.0 Å². The summed E-state index contributed by atoms with van der Waals surface area (Å²) < 4.78 is 0. The molecule has 0 spiro atoms. The van der Waals surface area contributed by atoms with Gasteiger partial charge in [-0.25, -0.2) is 0 Å². The largest absolute Gasteiger partial charge is 0.395 e. The van der Waals surface area contributed by atoms with Gasteiger partial charge in [-0.05, 0) is 25.5 Å². The van der Waals surface area contributed by atoms with Crippen LogP contribution in [0.2, 0.25) is 0 Å². The van der Waals surface area contributed by atoms with Crippen LogP contribution in [0.4, 0.5) is 5.69 Å². The van der Waals surface area contributed by atoms with Gasteiger partial charge in [0.15, 0.2) is 0 Å². The third kappa shape index (κ3) is 1.97. The number of rotatable bonds is 2. The number of halogens is 1. The average Bonchev–Trinajstić information content (AvgIpc) is 2.38. The Hall–Kier alpha value is -0.290. The van der Waals surface area contributed by atoms with Crippen LogP contribution in [0, 0.1) is 0 Å². The Morgan fingerprint density at radius 3 is 2.29 bits per heavy atom. The minimum atomic E-state index is 0. The highest BCUT2D eigenvalue weighted by Gasteiger charge is 2.49. The van der Waals surface area contributed by atoms with Crippen molar-refractivity contribution in [2.24, 2.45) is 0 Å². The lowest BCUT2D eigenvalue weighted by Crippen LogP contribution is -2.51. The predicted molar refractivity (Wildman–Crippen MR) is 83.4 cm³/mol. The topological polar surface area (TPSA) is 23.5 Å². The number of hydrogen-bond acceptors (Lipinski definition) is 2. The monoisotopic (exact) mass is 347 g/mol. The maximum Gasteiger partial charge on any atom is 0.0606 e. The van der Waals surface area contributed by atoms with E-state index in [2.05, 4.69) is 56.9 Å². The van der Waals surface area contributed by atoms with Crippen LogP contribution in [0.15, 0.2) is 24.3 Å². The van der Waals surface area contributed by atoms with Crippen molar-refractivity contribution in [2.45, 2.75) is 38.6 Å². The van der Waals surface area contributed by atoms with Gasteiger partial charge in [-0.3, -0.25) is 0 Å². The number of benzene rings is 1. The van der Waals surface area contributed by atoms with E-state index in [1.165, 1.54) is 11.3 Å². The summed E-state index contributed by atoms with van der Waals surface area (Å²) >= 11 is 0. The second-order valence-electron chi connectivity index (χ2n) is 5.58. The Kier molecular flexibility index (Phi) is 4.14. The third-order valence-electron chi connectivity index (χ3n) is 4.40. The van der Waals surface area contributed by atoms with Crippen molar-refractivity contribution in [3.8, 4) is 0 Å². The van der Waals surface area contributed by atoms with Crippen molar-refractivity contribution in [1.82, 2.24) is 0 Å². The van der Waals surface area contributed by atoms with Crippen molar-refractivity contribution in [1.29, 1.82) is 0 Å². The Balaban J connectivity index is 0.00000144. The molecular weight excluding hydrogens is 325 g/mol. The van der Waals surface area contributed by atoms with Crippen LogP contribution in [0.3, 0.4) is 0 Å². The fourth-order valence-corrected chi connectivity index (χ4v) is 2.71. The Bertz CT molecular complexity index is 401. The smallest absolute Gasteiger partial charge is 0.0606 e. The summed E-state index contributed by atoms with van der Waals surface area (Å²) in [5, 5.41) is 9.21. The maximum absolute atomic E-state index is 9.21. The van der Waals surface area contributed by atoms with Gasteiger partial charge >= 0.3 is 0 Å². The summed E-state index contributed by atoms with van der Waals surface area (Å²) in [6.45, 7) is 9.97. The van der Waals surface area contributed by atoms with Crippen LogP contribution in [0.1, 0.15) is 33.3 Å². The number of para-hydroxylation sites is 1. The van der Waals surface area contributed by atoms with E-state index in [0.29, 0.717) is 6.54 Å². The number of hydrogen-bond donors (Lipinski definition) is 1. The number of fused-ring (bicyclic) bond motifs is 1. The van der Waals surface area contributed by atoms with Crippen LogP contribution >= 0.6 is 24.0 Å². The molecule has 0 atom stereocenters. The summed E-state index contributed by atoms with van der Waals surface area (Å²) in [5.41, 5.74) is 2.80. The van der Waals surface area contributed by atoms with Gasteiger partial charge in [0.05, 0.1) is 6.61 Å². The summed E-state index contributed by atoms with van der Waals surface area (Å²) in [4.78, 5) is 2.32. The van der Waals surface area contributed by atoms with Crippen molar-refractivity contribution in [3.05, 3.63) is 29.8 Å². The van der Waals surface area contributed by atoms with E-state index in [9.17, 15) is 5.11 Å². The standard InChI is InChI=1S/C14H21NO.HI/c1-13(2)11-7-5-6-8-12(11)15(9-10-16)14(13,3)4;/h5-8,16H,9-10H2,1-4H3;1H. The van der Waals surface area contributed by atoms with Crippen LogP contribution in [0.5, 0.6) is 0 Å². The molecule has 1 N–H and O–H groups in total. The fourth-order valence-electron chi connectivity index (χ4n) is 2.71. The van der Waals surface area contributed by atoms with E-state index in [0.717, 1.165) is 0 Å². The first-order chi connectivity index (χ1) is 7.43. The Morgan fingerprint density at radius 1 is 1.12 bits per heavy atom. The quantitative estimate of drug-likeness (QED) is 0.831. The van der Waals surface area contributed by atoms with Crippen LogP contribution in [-0.4, -0.2) is 23.8 Å². The summed E-state index contributed by atoms with van der Waals surface area (Å²) in [6.07, 6.45) is 0. The molecule has 1 aromatic carbocycles. The molecule has 0 bridgehead atoms. The van der Waals surface area contributed by atoms with E-state index >= 15 is 0 Å². The van der Waals surface area contributed by atoms with E-state index < -0.39 is 0 Å². The molecule has 2 nitrogen and oxygen atoms in total. The molecule has 0 unspecified atom stereocenters. The molecule has 1 aliphatic rings. The molecule has 0 saturated heterocycles. The van der Waals surface area contributed by atoms with Gasteiger partial charge in [0.1, 0.15) is 0 Å². The van der Waals surface area contributed by atoms with E-state index in [4.69, 9.17) is 0 Å². The van der Waals surface area contributed by atoms with Gasteiger partial charge < -0.3 is 10.0 Å². The van der Waals surface area contributed by atoms with Gasteiger partial charge in [0.2, 0.25) is 0 Å². The number of anilines is 1. The lowest BCUT2D eigenvalue weighted by atomic mass is 9.72. The maximum atomic E-state index is 9.21. The zero-order valence-corrected chi connectivity index (χ0v) is 13.4. The van der Waals surface area contributed by atoms with Crippen LogP contribution < -0.4 is 4.90 Å². The first-order valence-electron chi connectivity index (χ1n) is 5.91. The normalized spacial score (nSPS) is 19.7. The first-order valence-corrected chi connectivity index (χ1v) is 5.91. The average molecular weight is 347 g/mol. The molecule has 17 heavy (non-hydrogen) atoms. The molecule has 0 aromatic heterocycles. The summed E-state index contributed by atoms with van der Waals surface area (Å²) in [6, 6.07) is 8.52. The first kappa shape index (κ1) is 14.8. The molecule has 0 amide bonds. The highest BCUT2D eigenvalue weighted by Crippen LogP contribution is 2.50. The molecule has 0 aliphatic carbocycles. The molecule has 1 aliphatic heterocycles. The minimum Gasteiger partial charge on any atom is -0.395 e. The van der Waals surface area contributed by atoms with Crippen molar-refractivity contribution in [2.75, 3.05) is 18.1 Å². The van der Waals surface area contributed by atoms with Crippen LogP contribution in [-0.2, 0) is 5.41 Å². The van der Waals surface area contributed by atoms with E-state index in [-0.39, 0.29) is 41.5 Å². The van der Waals surface area contributed by atoms with Crippen LogP contribution in [0.25, 0.3) is 0 Å². The third-order valence-corrected chi connectivity index (χ3v) is 4.40. The SMILES string of the molecule is CC1(C)c2ccccc2N(CCO)C1(C)C.I. The van der Waals surface area contributed by atoms with Gasteiger partial charge in [-0.2, -0.15) is 0 Å². The van der Waals surface area contributed by atoms with E-state index in [1.54, 1.807) is 0 Å². The Labute approximate surface area is 121 Å². The zero-order valence-electron chi connectivity index (χ0n) is 11.0. The number of aliphatic hydroxyl groups is 1. The van der Waals surface area contributed by atoms with Gasteiger partial charge in [0, 0.05) is 23.2 Å². The molecule has 0 fully saturated rings. The predicted octanol–water partition coefficient (Wildman–Crippen LogP) is 3.17. The highest BCUT2D eigenvalue weighted by molar-refractivity contribution is 14.0. The zero-order chi connectivity index (χ0) is 12.0. The molecule has 2 rings (SSSR count). The molecule has 3 heteroatoms. The lowest BCUT2D eigenvalue weighted by Gasteiger charge is -2.42. The second kappa shape index (κ2) is 4.76. The number of nitrogens with zero attached hydrogens (tertiary/aromatic N) is 1. The molecule has 0 radical (unpaired) electrons. The second-order valence-corrected chi connectivity index (χ2v) is 5.58. The van der Waals surface area contributed by atoms with E-state index in [1.807, 2.05) is 0 Å².